The molecule has 180 valence electrons. The second kappa shape index (κ2) is 9.94. The number of sulfonamides is 1. The van der Waals surface area contributed by atoms with Gasteiger partial charge in [-0.05, 0) is 62.2 Å². The number of aromatic nitrogens is 1. The van der Waals surface area contributed by atoms with Gasteiger partial charge in [0, 0.05) is 18.7 Å². The minimum absolute atomic E-state index is 0.0753. The second-order valence-corrected chi connectivity index (χ2v) is 10.0. The zero-order chi connectivity index (χ0) is 24.3. The van der Waals surface area contributed by atoms with E-state index in [1.54, 1.807) is 6.92 Å². The van der Waals surface area contributed by atoms with Crippen molar-refractivity contribution in [2.75, 3.05) is 25.5 Å². The molecule has 1 aromatic heterocycles. The number of nitrogens with zero attached hydrogens (tertiary/aromatic N) is 2. The van der Waals surface area contributed by atoms with Gasteiger partial charge < -0.3 is 14.6 Å². The van der Waals surface area contributed by atoms with Crippen LogP contribution in [0.3, 0.4) is 0 Å². The first-order chi connectivity index (χ1) is 16.3. The molecule has 34 heavy (non-hydrogen) atoms. The number of amides is 1. The van der Waals surface area contributed by atoms with Crippen LogP contribution >= 0.6 is 0 Å². The molecule has 2 aromatic carbocycles. The number of methoxy groups -OCH3 is 1. The molecule has 1 amide bonds. The van der Waals surface area contributed by atoms with Crippen molar-refractivity contribution in [1.29, 1.82) is 0 Å². The van der Waals surface area contributed by atoms with Gasteiger partial charge in [0.2, 0.25) is 10.0 Å². The molecule has 0 unspecified atom stereocenters. The van der Waals surface area contributed by atoms with Crippen molar-refractivity contribution < 1.29 is 26.9 Å². The maximum absolute atomic E-state index is 13.3. The van der Waals surface area contributed by atoms with E-state index in [0.29, 0.717) is 24.4 Å². The van der Waals surface area contributed by atoms with Gasteiger partial charge in [-0.3, -0.25) is 4.79 Å². The van der Waals surface area contributed by atoms with E-state index in [4.69, 9.17) is 9.26 Å². The van der Waals surface area contributed by atoms with Crippen LogP contribution in [0.5, 0.6) is 5.75 Å². The van der Waals surface area contributed by atoms with Crippen molar-refractivity contribution in [2.24, 2.45) is 0 Å². The molecule has 1 fully saturated rings. The standard InChI is InChI=1S/C24H26FN3O5S/c1-16-22(23(27-33-16)17-7-9-18(25)10-8-17)24(29)26-20-15-19(11-12-21(20)32-2)34(30,31)28-13-5-3-4-6-14-28/h7-12,15H,3-6,13-14H2,1-2H3,(H,26,29). The summed E-state index contributed by atoms with van der Waals surface area (Å²) in [7, 11) is -2.29. The summed E-state index contributed by atoms with van der Waals surface area (Å²) in [6.07, 6.45) is 3.64. The van der Waals surface area contributed by atoms with Crippen LogP contribution < -0.4 is 10.1 Å². The highest BCUT2D eigenvalue weighted by Gasteiger charge is 2.27. The average molecular weight is 488 g/mol. The molecule has 2 heterocycles. The lowest BCUT2D eigenvalue weighted by molar-refractivity contribution is 0.102. The van der Waals surface area contributed by atoms with Crippen molar-refractivity contribution in [3.8, 4) is 17.0 Å². The average Bonchev–Trinajstić information content (AvgIpc) is 3.02. The molecule has 4 rings (SSSR count). The number of ether oxygens (including phenoxy) is 1. The summed E-state index contributed by atoms with van der Waals surface area (Å²) in [6.45, 7) is 2.53. The van der Waals surface area contributed by atoms with Crippen molar-refractivity contribution in [3.63, 3.8) is 0 Å². The van der Waals surface area contributed by atoms with E-state index in [0.717, 1.165) is 25.7 Å². The number of aryl methyl sites for hydroxylation is 1. The molecule has 0 aliphatic carbocycles. The Bertz CT molecular complexity index is 1280. The van der Waals surface area contributed by atoms with Gasteiger partial charge in [0.05, 0.1) is 17.7 Å². The summed E-state index contributed by atoms with van der Waals surface area (Å²) in [5.41, 5.74) is 1.12. The van der Waals surface area contributed by atoms with Crippen LogP contribution in [0.25, 0.3) is 11.3 Å². The second-order valence-electron chi connectivity index (χ2n) is 8.10. The fourth-order valence-corrected chi connectivity index (χ4v) is 5.55. The summed E-state index contributed by atoms with van der Waals surface area (Å²) < 4.78 is 51.9. The topological polar surface area (TPSA) is 102 Å². The summed E-state index contributed by atoms with van der Waals surface area (Å²) >= 11 is 0. The van der Waals surface area contributed by atoms with Crippen molar-refractivity contribution in [1.82, 2.24) is 9.46 Å². The SMILES string of the molecule is COc1ccc(S(=O)(=O)N2CCCCCC2)cc1NC(=O)c1c(-c2ccc(F)cc2)noc1C. The van der Waals surface area contributed by atoms with Gasteiger partial charge in [-0.1, -0.05) is 18.0 Å². The van der Waals surface area contributed by atoms with Crippen molar-refractivity contribution in [3.05, 3.63) is 59.6 Å². The number of carbonyl (C=O) groups is 1. The molecule has 0 bridgehead atoms. The van der Waals surface area contributed by atoms with E-state index in [1.165, 1.54) is 53.9 Å². The fraction of sp³-hybridized carbons (Fsp3) is 0.333. The van der Waals surface area contributed by atoms with Crippen LogP contribution in [-0.4, -0.2) is 44.0 Å². The maximum atomic E-state index is 13.3. The van der Waals surface area contributed by atoms with E-state index in [2.05, 4.69) is 10.5 Å². The predicted molar refractivity (Wildman–Crippen MR) is 125 cm³/mol. The quantitative estimate of drug-likeness (QED) is 0.545. The Balaban J connectivity index is 1.66. The Morgan fingerprint density at radius 2 is 1.76 bits per heavy atom. The molecular weight excluding hydrogens is 461 g/mol. The highest BCUT2D eigenvalue weighted by atomic mass is 32.2. The van der Waals surface area contributed by atoms with Gasteiger partial charge in [0.1, 0.15) is 28.6 Å². The third-order valence-electron chi connectivity index (χ3n) is 5.83. The lowest BCUT2D eigenvalue weighted by Gasteiger charge is -2.21. The minimum Gasteiger partial charge on any atom is -0.495 e. The lowest BCUT2D eigenvalue weighted by atomic mass is 10.1. The van der Waals surface area contributed by atoms with Gasteiger partial charge in [-0.25, -0.2) is 12.8 Å². The van der Waals surface area contributed by atoms with Gasteiger partial charge >= 0.3 is 0 Å². The molecule has 1 aliphatic heterocycles. The van der Waals surface area contributed by atoms with E-state index >= 15 is 0 Å². The fourth-order valence-electron chi connectivity index (χ4n) is 4.01. The summed E-state index contributed by atoms with van der Waals surface area (Å²) in [6, 6.07) is 9.92. The zero-order valence-corrected chi connectivity index (χ0v) is 19.8. The first-order valence-corrected chi connectivity index (χ1v) is 12.5. The lowest BCUT2D eigenvalue weighted by Crippen LogP contribution is -2.32. The molecule has 3 aromatic rings. The number of nitrogens with one attached hydrogen (secondary N) is 1. The molecule has 10 heteroatoms. The number of benzene rings is 2. The Morgan fingerprint density at radius 1 is 1.09 bits per heavy atom. The van der Waals surface area contributed by atoms with Gasteiger partial charge in [-0.15, -0.1) is 0 Å². The first-order valence-electron chi connectivity index (χ1n) is 11.0. The Morgan fingerprint density at radius 3 is 2.41 bits per heavy atom. The van der Waals surface area contributed by atoms with Crippen LogP contribution in [0.1, 0.15) is 41.8 Å². The number of hydrogen-bond donors (Lipinski definition) is 1. The molecule has 0 radical (unpaired) electrons. The van der Waals surface area contributed by atoms with Crippen molar-refractivity contribution >= 4 is 21.6 Å². The Kier molecular flexibility index (Phi) is 6.99. The maximum Gasteiger partial charge on any atom is 0.261 e. The van der Waals surface area contributed by atoms with Crippen LogP contribution in [0.4, 0.5) is 10.1 Å². The molecule has 0 atom stereocenters. The Labute approximate surface area is 197 Å². The van der Waals surface area contributed by atoms with Crippen LogP contribution in [0, 0.1) is 12.7 Å². The molecule has 1 N–H and O–H groups in total. The highest BCUT2D eigenvalue weighted by Crippen LogP contribution is 2.32. The largest absolute Gasteiger partial charge is 0.495 e. The van der Waals surface area contributed by atoms with Gasteiger partial charge in [0.15, 0.2) is 0 Å². The number of carbonyl (C=O) groups excluding carboxylic acids is 1. The summed E-state index contributed by atoms with van der Waals surface area (Å²) in [4.78, 5) is 13.3. The van der Waals surface area contributed by atoms with E-state index in [1.807, 2.05) is 0 Å². The van der Waals surface area contributed by atoms with E-state index in [-0.39, 0.29) is 27.6 Å². The number of halogens is 1. The summed E-state index contributed by atoms with van der Waals surface area (Å²) in [5, 5.41) is 6.69. The van der Waals surface area contributed by atoms with Crippen LogP contribution in [-0.2, 0) is 10.0 Å². The smallest absolute Gasteiger partial charge is 0.261 e. The predicted octanol–water partition coefficient (Wildman–Crippen LogP) is 4.61. The Hall–Kier alpha value is -3.24. The zero-order valence-electron chi connectivity index (χ0n) is 19.0. The van der Waals surface area contributed by atoms with Crippen LogP contribution in [0.15, 0.2) is 51.9 Å². The first kappa shape index (κ1) is 23.9. The number of hydrogen-bond acceptors (Lipinski definition) is 6. The third kappa shape index (κ3) is 4.83. The van der Waals surface area contributed by atoms with Crippen LogP contribution in [0.2, 0.25) is 0 Å². The van der Waals surface area contributed by atoms with Gasteiger partial charge in [0.25, 0.3) is 5.91 Å². The molecular formula is C24H26FN3O5S. The van der Waals surface area contributed by atoms with Crippen molar-refractivity contribution in [2.45, 2.75) is 37.5 Å². The van der Waals surface area contributed by atoms with E-state index in [9.17, 15) is 17.6 Å². The van der Waals surface area contributed by atoms with E-state index < -0.39 is 21.7 Å². The molecule has 0 saturated carbocycles. The third-order valence-corrected chi connectivity index (χ3v) is 7.72. The summed E-state index contributed by atoms with van der Waals surface area (Å²) in [5.74, 6) is -0.396. The normalized spacial score (nSPS) is 15.0. The number of anilines is 1. The number of rotatable bonds is 6. The monoisotopic (exact) mass is 487 g/mol. The molecule has 1 saturated heterocycles. The highest BCUT2D eigenvalue weighted by molar-refractivity contribution is 7.89. The molecule has 8 nitrogen and oxygen atoms in total. The molecule has 0 spiro atoms. The van der Waals surface area contributed by atoms with Gasteiger partial charge in [-0.2, -0.15) is 4.31 Å². The minimum atomic E-state index is -3.73. The molecule has 1 aliphatic rings.